The third kappa shape index (κ3) is 2.12. The predicted molar refractivity (Wildman–Crippen MR) is 76.9 cm³/mol. The Morgan fingerprint density at radius 3 is 2.69 bits per heavy atom. The number of pyridine rings is 1. The minimum Gasteiger partial charge on any atom is -0.298 e. The van der Waals surface area contributed by atoms with Crippen LogP contribution in [0.5, 0.6) is 0 Å². The number of rotatable bonds is 2. The maximum Gasteiger partial charge on any atom is 0.151 e. The summed E-state index contributed by atoms with van der Waals surface area (Å²) in [7, 11) is 0. The smallest absolute Gasteiger partial charge is 0.151 e. The van der Waals surface area contributed by atoms with E-state index in [-0.39, 0.29) is 0 Å². The molecule has 0 saturated carbocycles. The van der Waals surface area contributed by atoms with Gasteiger partial charge in [0.1, 0.15) is 13.2 Å². The minimum atomic E-state index is 0.566. The molecular formula is C10H7I2N3O. The van der Waals surface area contributed by atoms with Crippen molar-refractivity contribution >= 4 is 51.5 Å². The maximum absolute atomic E-state index is 10.7. The van der Waals surface area contributed by atoms with Crippen molar-refractivity contribution in [3.8, 4) is 5.69 Å². The topological polar surface area (TPSA) is 47.8 Å². The summed E-state index contributed by atoms with van der Waals surface area (Å²) in [4.78, 5) is 19.1. The molecule has 2 aromatic heterocycles. The van der Waals surface area contributed by atoms with E-state index in [2.05, 4.69) is 55.1 Å². The molecule has 0 aliphatic carbocycles. The number of imidazole rings is 1. The van der Waals surface area contributed by atoms with Crippen LogP contribution < -0.4 is 0 Å². The van der Waals surface area contributed by atoms with Gasteiger partial charge in [-0.25, -0.2) is 4.98 Å². The van der Waals surface area contributed by atoms with Gasteiger partial charge in [-0.2, -0.15) is 0 Å². The van der Waals surface area contributed by atoms with Crippen LogP contribution in [-0.2, 0) is 0 Å². The van der Waals surface area contributed by atoms with Gasteiger partial charge in [0.2, 0.25) is 0 Å². The summed E-state index contributed by atoms with van der Waals surface area (Å²) in [5, 5.41) is 0. The summed E-state index contributed by atoms with van der Waals surface area (Å²) in [5.41, 5.74) is 1.43. The van der Waals surface area contributed by atoms with E-state index in [1.807, 2.05) is 11.5 Å². The predicted octanol–water partition coefficient (Wildman–Crippen LogP) is 2.60. The standard InChI is InChI=1S/C10H7I2N3O/c1-6-14-9(11)10(12)15(6)8-2-7(5-16)3-13-4-8/h2-5H,1H3. The van der Waals surface area contributed by atoms with Crippen LogP contribution in [0.25, 0.3) is 5.69 Å². The lowest BCUT2D eigenvalue weighted by molar-refractivity contribution is 0.112. The molecule has 82 valence electrons. The first-order valence-corrected chi connectivity index (χ1v) is 6.60. The van der Waals surface area contributed by atoms with Crippen LogP contribution >= 0.6 is 45.2 Å². The van der Waals surface area contributed by atoms with Gasteiger partial charge in [0.25, 0.3) is 0 Å². The monoisotopic (exact) mass is 439 g/mol. The molecule has 0 N–H and O–H groups in total. The van der Waals surface area contributed by atoms with Crippen LogP contribution in [0.1, 0.15) is 16.2 Å². The minimum absolute atomic E-state index is 0.566. The molecule has 0 radical (unpaired) electrons. The van der Waals surface area contributed by atoms with Gasteiger partial charge in [0.15, 0.2) is 6.29 Å². The molecule has 2 rings (SSSR count). The molecule has 0 atom stereocenters. The largest absolute Gasteiger partial charge is 0.298 e. The summed E-state index contributed by atoms with van der Waals surface area (Å²) in [6.07, 6.45) is 4.06. The summed E-state index contributed by atoms with van der Waals surface area (Å²) in [6, 6.07) is 1.80. The van der Waals surface area contributed by atoms with Crippen molar-refractivity contribution in [2.75, 3.05) is 0 Å². The second-order valence-electron chi connectivity index (χ2n) is 3.17. The molecule has 16 heavy (non-hydrogen) atoms. The van der Waals surface area contributed by atoms with Crippen LogP contribution in [0.4, 0.5) is 0 Å². The van der Waals surface area contributed by atoms with Crippen LogP contribution in [0, 0.1) is 14.3 Å². The Balaban J connectivity index is 2.62. The zero-order valence-electron chi connectivity index (χ0n) is 8.32. The first-order chi connectivity index (χ1) is 7.63. The summed E-state index contributed by atoms with van der Waals surface area (Å²) in [5.74, 6) is 0.888. The number of hydrogen-bond donors (Lipinski definition) is 0. The van der Waals surface area contributed by atoms with Crippen LogP contribution in [0.2, 0.25) is 0 Å². The number of aryl methyl sites for hydroxylation is 1. The molecule has 4 nitrogen and oxygen atoms in total. The SMILES string of the molecule is Cc1nc(I)c(I)n1-c1cncc(C=O)c1. The van der Waals surface area contributed by atoms with Gasteiger partial charge in [-0.15, -0.1) is 0 Å². The van der Waals surface area contributed by atoms with Crippen LogP contribution in [-0.4, -0.2) is 20.8 Å². The highest BCUT2D eigenvalue weighted by atomic mass is 127. The summed E-state index contributed by atoms with van der Waals surface area (Å²) >= 11 is 4.42. The molecular weight excluding hydrogens is 432 g/mol. The average molecular weight is 439 g/mol. The zero-order chi connectivity index (χ0) is 11.7. The van der Waals surface area contributed by atoms with Gasteiger partial charge < -0.3 is 0 Å². The van der Waals surface area contributed by atoms with E-state index in [1.54, 1.807) is 18.5 Å². The van der Waals surface area contributed by atoms with Crippen molar-refractivity contribution in [3.05, 3.63) is 37.2 Å². The fourth-order valence-corrected chi connectivity index (χ4v) is 2.74. The van der Waals surface area contributed by atoms with Crippen molar-refractivity contribution < 1.29 is 4.79 Å². The normalized spacial score (nSPS) is 10.4. The maximum atomic E-state index is 10.7. The van der Waals surface area contributed by atoms with Crippen molar-refractivity contribution in [1.29, 1.82) is 0 Å². The van der Waals surface area contributed by atoms with E-state index in [9.17, 15) is 4.79 Å². The number of hydrogen-bond acceptors (Lipinski definition) is 3. The molecule has 0 saturated heterocycles. The van der Waals surface area contributed by atoms with E-state index < -0.39 is 0 Å². The Kier molecular flexibility index (Phi) is 3.57. The summed E-state index contributed by atoms with van der Waals surface area (Å²) < 4.78 is 3.95. The molecule has 0 aliphatic rings. The van der Waals surface area contributed by atoms with Gasteiger partial charge in [0, 0.05) is 11.8 Å². The fraction of sp³-hybridized carbons (Fsp3) is 0.100. The van der Waals surface area contributed by atoms with Crippen LogP contribution in [0.3, 0.4) is 0 Å². The lowest BCUT2D eigenvalue weighted by Gasteiger charge is -2.06. The molecule has 0 fully saturated rings. The highest BCUT2D eigenvalue weighted by Crippen LogP contribution is 2.21. The van der Waals surface area contributed by atoms with Gasteiger partial charge in [0.05, 0.1) is 11.9 Å². The molecule has 2 heterocycles. The number of halogens is 2. The molecule has 0 amide bonds. The molecule has 2 aromatic rings. The molecule has 0 aliphatic heterocycles. The van der Waals surface area contributed by atoms with E-state index in [1.165, 1.54) is 0 Å². The van der Waals surface area contributed by atoms with E-state index in [4.69, 9.17) is 0 Å². The Hall–Kier alpha value is -0.510. The number of aldehydes is 1. The first-order valence-electron chi connectivity index (χ1n) is 4.44. The highest BCUT2D eigenvalue weighted by molar-refractivity contribution is 14.1. The van der Waals surface area contributed by atoms with Gasteiger partial charge in [-0.05, 0) is 58.2 Å². The lowest BCUT2D eigenvalue weighted by atomic mass is 10.3. The third-order valence-electron chi connectivity index (χ3n) is 2.09. The van der Waals surface area contributed by atoms with Crippen molar-refractivity contribution in [2.45, 2.75) is 6.92 Å². The van der Waals surface area contributed by atoms with E-state index in [0.29, 0.717) is 5.56 Å². The Morgan fingerprint density at radius 2 is 2.12 bits per heavy atom. The average Bonchev–Trinajstić information content (AvgIpc) is 2.53. The number of carbonyl (C=O) groups excluding carboxylic acids is 1. The first kappa shape index (κ1) is 12.0. The van der Waals surface area contributed by atoms with Crippen molar-refractivity contribution in [3.63, 3.8) is 0 Å². The molecule has 0 aromatic carbocycles. The second-order valence-corrected chi connectivity index (χ2v) is 5.21. The third-order valence-corrected chi connectivity index (χ3v) is 4.87. The Bertz CT molecular complexity index is 551. The number of aromatic nitrogens is 3. The van der Waals surface area contributed by atoms with E-state index in [0.717, 1.165) is 25.2 Å². The van der Waals surface area contributed by atoms with Gasteiger partial charge >= 0.3 is 0 Å². The Labute approximate surface area is 120 Å². The molecule has 0 spiro atoms. The highest BCUT2D eigenvalue weighted by Gasteiger charge is 2.11. The molecule has 6 heteroatoms. The fourth-order valence-electron chi connectivity index (χ4n) is 1.40. The summed E-state index contributed by atoms with van der Waals surface area (Å²) in [6.45, 7) is 1.93. The van der Waals surface area contributed by atoms with Crippen molar-refractivity contribution in [2.24, 2.45) is 0 Å². The zero-order valence-corrected chi connectivity index (χ0v) is 12.6. The number of carbonyl (C=O) groups is 1. The van der Waals surface area contributed by atoms with E-state index >= 15 is 0 Å². The Morgan fingerprint density at radius 1 is 1.38 bits per heavy atom. The van der Waals surface area contributed by atoms with Gasteiger partial charge in [-0.1, -0.05) is 0 Å². The lowest BCUT2D eigenvalue weighted by Crippen LogP contribution is -2.01. The number of nitrogens with zero attached hydrogens (tertiary/aromatic N) is 3. The molecule has 0 bridgehead atoms. The quantitative estimate of drug-likeness (QED) is 0.535. The molecule has 0 unspecified atom stereocenters. The van der Waals surface area contributed by atoms with Crippen molar-refractivity contribution in [1.82, 2.24) is 14.5 Å². The van der Waals surface area contributed by atoms with Crippen LogP contribution in [0.15, 0.2) is 18.5 Å². The van der Waals surface area contributed by atoms with Gasteiger partial charge in [-0.3, -0.25) is 14.3 Å². The second kappa shape index (κ2) is 4.78.